The maximum absolute atomic E-state index is 12.8. The summed E-state index contributed by atoms with van der Waals surface area (Å²) in [6.07, 6.45) is -1.22. The van der Waals surface area contributed by atoms with E-state index in [9.17, 15) is 14.4 Å². The van der Waals surface area contributed by atoms with E-state index in [-0.39, 0.29) is 25.4 Å². The molecule has 1 saturated heterocycles. The number of benzene rings is 2. The first-order valence-corrected chi connectivity index (χ1v) is 9.46. The molecule has 6 nitrogen and oxygen atoms in total. The minimum atomic E-state index is -0.746. The summed E-state index contributed by atoms with van der Waals surface area (Å²) in [5.41, 5.74) is 3.16. The van der Waals surface area contributed by atoms with Gasteiger partial charge in [0.1, 0.15) is 13.2 Å². The van der Waals surface area contributed by atoms with E-state index in [1.165, 1.54) is 0 Å². The minimum absolute atomic E-state index is 0.00257. The summed E-state index contributed by atoms with van der Waals surface area (Å²) < 4.78 is 14.6. The maximum Gasteiger partial charge on any atom is 0.508 e. The molecule has 1 atom stereocenters. The highest BCUT2D eigenvalue weighted by atomic mass is 32.2. The lowest BCUT2D eigenvalue weighted by Gasteiger charge is -2.10. The van der Waals surface area contributed by atoms with Crippen LogP contribution >= 0.6 is 11.8 Å². The lowest BCUT2D eigenvalue weighted by atomic mass is 9.98. The Balaban J connectivity index is 1.43. The van der Waals surface area contributed by atoms with Crippen molar-refractivity contribution >= 4 is 29.7 Å². The third-order valence-electron chi connectivity index (χ3n) is 4.36. The molecule has 0 N–H and O–H groups in total. The van der Waals surface area contributed by atoms with Crippen molar-refractivity contribution < 1.29 is 28.6 Å². The van der Waals surface area contributed by atoms with Gasteiger partial charge in [-0.25, -0.2) is 4.79 Å². The Kier molecular flexibility index (Phi) is 4.85. The van der Waals surface area contributed by atoms with E-state index in [1.807, 2.05) is 30.3 Å². The fourth-order valence-corrected chi connectivity index (χ4v) is 4.12. The Morgan fingerprint density at radius 1 is 1.15 bits per heavy atom. The van der Waals surface area contributed by atoms with Crippen LogP contribution in [0.2, 0.25) is 0 Å². The SMILES string of the molecule is O=C(Cc1ccc2c(c1)SCc1ccccc1C2=O)OCC1COC(=O)O1. The number of carbonyl (C=O) groups excluding carboxylic acids is 3. The van der Waals surface area contributed by atoms with Gasteiger partial charge in [0.05, 0.1) is 6.42 Å². The lowest BCUT2D eigenvalue weighted by Crippen LogP contribution is -2.21. The topological polar surface area (TPSA) is 78.9 Å². The van der Waals surface area contributed by atoms with Crippen LogP contribution in [0.15, 0.2) is 47.4 Å². The molecule has 2 heterocycles. The van der Waals surface area contributed by atoms with Crippen molar-refractivity contribution in [3.05, 3.63) is 64.7 Å². The van der Waals surface area contributed by atoms with Crippen LogP contribution < -0.4 is 0 Å². The Hall–Kier alpha value is -2.80. The monoisotopic (exact) mass is 384 g/mol. The number of esters is 1. The van der Waals surface area contributed by atoms with Crippen LogP contribution in [-0.2, 0) is 31.2 Å². The zero-order valence-corrected chi connectivity index (χ0v) is 15.1. The van der Waals surface area contributed by atoms with E-state index < -0.39 is 18.2 Å². The first kappa shape index (κ1) is 17.6. The Morgan fingerprint density at radius 3 is 2.81 bits per heavy atom. The molecule has 2 aromatic carbocycles. The number of rotatable bonds is 4. The number of carbonyl (C=O) groups is 3. The van der Waals surface area contributed by atoms with Gasteiger partial charge < -0.3 is 14.2 Å². The standard InChI is InChI=1S/C20H16O6S/c21-18(24-9-14-10-25-20(23)26-14)8-12-5-6-16-17(7-12)27-11-13-3-1-2-4-15(13)19(16)22/h1-7,14H,8-11H2. The van der Waals surface area contributed by atoms with Crippen LogP contribution in [-0.4, -0.2) is 37.2 Å². The molecule has 0 saturated carbocycles. The highest BCUT2D eigenvalue weighted by Crippen LogP contribution is 2.34. The van der Waals surface area contributed by atoms with Gasteiger partial charge in [-0.1, -0.05) is 30.3 Å². The zero-order chi connectivity index (χ0) is 18.8. The molecular formula is C20H16O6S. The summed E-state index contributed by atoms with van der Waals surface area (Å²) >= 11 is 1.58. The van der Waals surface area contributed by atoms with Gasteiger partial charge in [0, 0.05) is 21.8 Å². The van der Waals surface area contributed by atoms with Gasteiger partial charge in [0.25, 0.3) is 0 Å². The second kappa shape index (κ2) is 7.44. The van der Waals surface area contributed by atoms with Crippen LogP contribution in [0.3, 0.4) is 0 Å². The van der Waals surface area contributed by atoms with Crippen molar-refractivity contribution in [2.24, 2.45) is 0 Å². The smallest absolute Gasteiger partial charge is 0.461 e. The van der Waals surface area contributed by atoms with Gasteiger partial charge in [0.2, 0.25) is 0 Å². The number of hydrogen-bond acceptors (Lipinski definition) is 7. The van der Waals surface area contributed by atoms with Crippen LogP contribution in [0.5, 0.6) is 0 Å². The Labute approximate surface area is 159 Å². The fraction of sp³-hybridized carbons (Fsp3) is 0.250. The second-order valence-electron chi connectivity index (χ2n) is 6.27. The third kappa shape index (κ3) is 3.83. The molecule has 0 bridgehead atoms. The summed E-state index contributed by atoms with van der Waals surface area (Å²) in [7, 11) is 0. The molecule has 0 aromatic heterocycles. The second-order valence-corrected chi connectivity index (χ2v) is 7.28. The summed E-state index contributed by atoms with van der Waals surface area (Å²) in [6.45, 7) is 0.0579. The summed E-state index contributed by atoms with van der Waals surface area (Å²) in [4.78, 5) is 36.5. The summed E-state index contributed by atoms with van der Waals surface area (Å²) in [5.74, 6) is 0.282. The predicted molar refractivity (Wildman–Crippen MR) is 96.8 cm³/mol. The predicted octanol–water partition coefficient (Wildman–Crippen LogP) is 3.14. The number of ketones is 1. The Bertz CT molecular complexity index is 922. The molecule has 2 aliphatic heterocycles. The summed E-state index contributed by atoms with van der Waals surface area (Å²) in [5, 5.41) is 0. The molecule has 1 unspecified atom stereocenters. The van der Waals surface area contributed by atoms with E-state index in [4.69, 9.17) is 9.47 Å². The molecule has 4 rings (SSSR count). The van der Waals surface area contributed by atoms with Crippen molar-refractivity contribution in [3.63, 3.8) is 0 Å². The van der Waals surface area contributed by atoms with Gasteiger partial charge in [-0.15, -0.1) is 11.8 Å². The summed E-state index contributed by atoms with van der Waals surface area (Å²) in [6, 6.07) is 13.0. The Morgan fingerprint density at radius 2 is 2.00 bits per heavy atom. The average Bonchev–Trinajstić information content (AvgIpc) is 3.04. The number of hydrogen-bond donors (Lipinski definition) is 0. The van der Waals surface area contributed by atoms with E-state index in [0.29, 0.717) is 11.3 Å². The van der Waals surface area contributed by atoms with Gasteiger partial charge >= 0.3 is 12.1 Å². The van der Waals surface area contributed by atoms with Crippen molar-refractivity contribution in [2.75, 3.05) is 13.2 Å². The van der Waals surface area contributed by atoms with E-state index >= 15 is 0 Å². The van der Waals surface area contributed by atoms with Crippen molar-refractivity contribution in [1.82, 2.24) is 0 Å². The molecule has 27 heavy (non-hydrogen) atoms. The molecule has 0 radical (unpaired) electrons. The molecule has 0 amide bonds. The van der Waals surface area contributed by atoms with Gasteiger partial charge in [-0.2, -0.15) is 0 Å². The third-order valence-corrected chi connectivity index (χ3v) is 5.47. The van der Waals surface area contributed by atoms with Crippen LogP contribution in [0.25, 0.3) is 0 Å². The normalized spacial score (nSPS) is 18.0. The number of cyclic esters (lactones) is 2. The number of ether oxygens (including phenoxy) is 3. The molecule has 1 fully saturated rings. The lowest BCUT2D eigenvalue weighted by molar-refractivity contribution is -0.145. The fourth-order valence-electron chi connectivity index (χ4n) is 3.00. The zero-order valence-electron chi connectivity index (χ0n) is 14.3. The molecule has 7 heteroatoms. The molecule has 0 aliphatic carbocycles. The number of fused-ring (bicyclic) bond motifs is 2. The van der Waals surface area contributed by atoms with Crippen LogP contribution in [0, 0.1) is 0 Å². The molecule has 0 spiro atoms. The van der Waals surface area contributed by atoms with E-state index in [2.05, 4.69) is 4.74 Å². The van der Waals surface area contributed by atoms with Crippen molar-refractivity contribution in [2.45, 2.75) is 23.2 Å². The van der Waals surface area contributed by atoms with Crippen LogP contribution in [0.4, 0.5) is 4.79 Å². The van der Waals surface area contributed by atoms with Crippen molar-refractivity contribution in [3.8, 4) is 0 Å². The molecule has 138 valence electrons. The van der Waals surface area contributed by atoms with Gasteiger partial charge in [0.15, 0.2) is 11.9 Å². The maximum atomic E-state index is 12.8. The largest absolute Gasteiger partial charge is 0.508 e. The quantitative estimate of drug-likeness (QED) is 0.749. The highest BCUT2D eigenvalue weighted by Gasteiger charge is 2.26. The van der Waals surface area contributed by atoms with Gasteiger partial charge in [-0.3, -0.25) is 9.59 Å². The van der Waals surface area contributed by atoms with Crippen molar-refractivity contribution in [1.29, 1.82) is 0 Å². The highest BCUT2D eigenvalue weighted by molar-refractivity contribution is 7.98. The molecular weight excluding hydrogens is 368 g/mol. The first-order valence-electron chi connectivity index (χ1n) is 8.47. The van der Waals surface area contributed by atoms with Crippen LogP contribution in [0.1, 0.15) is 27.0 Å². The molecule has 2 aromatic rings. The van der Waals surface area contributed by atoms with E-state index in [0.717, 1.165) is 21.6 Å². The van der Waals surface area contributed by atoms with Gasteiger partial charge in [-0.05, 0) is 23.3 Å². The van der Waals surface area contributed by atoms with E-state index in [1.54, 1.807) is 23.9 Å². The number of thioether (sulfide) groups is 1. The minimum Gasteiger partial charge on any atom is -0.461 e. The first-order chi connectivity index (χ1) is 13.1. The average molecular weight is 384 g/mol. The molecule has 2 aliphatic rings.